The number of hydrogen-bond acceptors (Lipinski definition) is 4. The van der Waals surface area contributed by atoms with Gasteiger partial charge in [-0.05, 0) is 45.9 Å². The Morgan fingerprint density at radius 2 is 1.95 bits per heavy atom. The van der Waals surface area contributed by atoms with Crippen molar-refractivity contribution in [3.63, 3.8) is 0 Å². The van der Waals surface area contributed by atoms with E-state index in [9.17, 15) is 8.42 Å². The fourth-order valence-electron chi connectivity index (χ4n) is 2.74. The van der Waals surface area contributed by atoms with Crippen LogP contribution < -0.4 is 5.32 Å². The lowest BCUT2D eigenvalue weighted by atomic mass is 10.0. The molecule has 1 aliphatic rings. The van der Waals surface area contributed by atoms with E-state index in [-0.39, 0.29) is 12.1 Å². The molecule has 108 valence electrons. The number of nitrogens with one attached hydrogen (secondary N) is 1. The third-order valence-electron chi connectivity index (χ3n) is 3.63. The SMILES string of the molecule is CNCc1ccc(S(=O)(=O)N2C(C)CCCC2C)s1. The maximum atomic E-state index is 12.7. The van der Waals surface area contributed by atoms with E-state index in [0.29, 0.717) is 10.8 Å². The largest absolute Gasteiger partial charge is 0.315 e. The molecule has 2 unspecified atom stereocenters. The number of thiophene rings is 1. The van der Waals surface area contributed by atoms with Crippen LogP contribution in [0.3, 0.4) is 0 Å². The number of sulfonamides is 1. The van der Waals surface area contributed by atoms with Crippen molar-refractivity contribution in [2.24, 2.45) is 0 Å². The Labute approximate surface area is 119 Å². The molecule has 0 bridgehead atoms. The fraction of sp³-hybridized carbons (Fsp3) is 0.692. The first-order chi connectivity index (χ1) is 8.96. The molecule has 1 aromatic heterocycles. The summed E-state index contributed by atoms with van der Waals surface area (Å²) in [6.07, 6.45) is 3.03. The van der Waals surface area contributed by atoms with Gasteiger partial charge in [-0.15, -0.1) is 11.3 Å². The highest BCUT2D eigenvalue weighted by molar-refractivity contribution is 7.91. The molecular formula is C13H22N2O2S2. The highest BCUT2D eigenvalue weighted by Gasteiger charge is 2.36. The molecule has 2 rings (SSSR count). The number of hydrogen-bond donors (Lipinski definition) is 1. The first-order valence-corrected chi connectivity index (χ1v) is 8.99. The molecule has 1 saturated heterocycles. The molecular weight excluding hydrogens is 280 g/mol. The number of rotatable bonds is 4. The van der Waals surface area contributed by atoms with Crippen LogP contribution in [0.15, 0.2) is 16.3 Å². The minimum Gasteiger partial charge on any atom is -0.315 e. The van der Waals surface area contributed by atoms with Gasteiger partial charge < -0.3 is 5.32 Å². The summed E-state index contributed by atoms with van der Waals surface area (Å²) < 4.78 is 27.7. The van der Waals surface area contributed by atoms with Gasteiger partial charge >= 0.3 is 0 Å². The minimum atomic E-state index is -3.33. The summed E-state index contributed by atoms with van der Waals surface area (Å²) in [5.74, 6) is 0. The topological polar surface area (TPSA) is 49.4 Å². The van der Waals surface area contributed by atoms with Crippen molar-refractivity contribution in [3.05, 3.63) is 17.0 Å². The summed E-state index contributed by atoms with van der Waals surface area (Å²) in [6.45, 7) is 4.73. The van der Waals surface area contributed by atoms with Crippen molar-refractivity contribution in [2.75, 3.05) is 7.05 Å². The van der Waals surface area contributed by atoms with E-state index in [4.69, 9.17) is 0 Å². The third kappa shape index (κ3) is 3.02. The Morgan fingerprint density at radius 1 is 1.32 bits per heavy atom. The second-order valence-electron chi connectivity index (χ2n) is 5.21. The molecule has 2 atom stereocenters. The van der Waals surface area contributed by atoms with E-state index < -0.39 is 10.0 Å². The second kappa shape index (κ2) is 5.91. The quantitative estimate of drug-likeness (QED) is 0.929. The standard InChI is InChI=1S/C13H22N2O2S2/c1-10-5-4-6-11(2)15(10)19(16,17)13-8-7-12(18-13)9-14-3/h7-8,10-11,14H,4-6,9H2,1-3H3. The van der Waals surface area contributed by atoms with Crippen LogP contribution in [-0.4, -0.2) is 31.9 Å². The third-order valence-corrected chi connectivity index (χ3v) is 7.31. The lowest BCUT2D eigenvalue weighted by Crippen LogP contribution is -2.47. The van der Waals surface area contributed by atoms with Gasteiger partial charge in [0.05, 0.1) is 0 Å². The molecule has 0 saturated carbocycles. The van der Waals surface area contributed by atoms with Gasteiger partial charge in [-0.2, -0.15) is 4.31 Å². The van der Waals surface area contributed by atoms with E-state index in [2.05, 4.69) is 5.32 Å². The monoisotopic (exact) mass is 302 g/mol. The van der Waals surface area contributed by atoms with Crippen LogP contribution in [0, 0.1) is 0 Å². The summed E-state index contributed by atoms with van der Waals surface area (Å²) in [6, 6.07) is 3.83. The van der Waals surface area contributed by atoms with Crippen LogP contribution in [0.5, 0.6) is 0 Å². The van der Waals surface area contributed by atoms with Gasteiger partial charge in [0, 0.05) is 23.5 Å². The predicted octanol–water partition coefficient (Wildman–Crippen LogP) is 2.42. The lowest BCUT2D eigenvalue weighted by molar-refractivity contribution is 0.204. The van der Waals surface area contributed by atoms with E-state index in [0.717, 1.165) is 24.1 Å². The van der Waals surface area contributed by atoms with Gasteiger partial charge in [-0.1, -0.05) is 6.42 Å². The molecule has 1 aromatic rings. The summed E-state index contributed by atoms with van der Waals surface area (Å²) in [5, 5.41) is 3.05. The smallest absolute Gasteiger partial charge is 0.253 e. The van der Waals surface area contributed by atoms with Gasteiger partial charge in [0.1, 0.15) is 4.21 Å². The van der Waals surface area contributed by atoms with Gasteiger partial charge in [0.25, 0.3) is 10.0 Å². The van der Waals surface area contributed by atoms with Crippen molar-refractivity contribution in [1.29, 1.82) is 0 Å². The van der Waals surface area contributed by atoms with Crippen molar-refractivity contribution in [2.45, 2.75) is 55.9 Å². The zero-order valence-corrected chi connectivity index (χ0v) is 13.4. The van der Waals surface area contributed by atoms with E-state index in [1.54, 1.807) is 10.4 Å². The minimum absolute atomic E-state index is 0.101. The fourth-order valence-corrected chi connectivity index (χ4v) is 6.10. The van der Waals surface area contributed by atoms with Crippen LogP contribution in [0.2, 0.25) is 0 Å². The van der Waals surface area contributed by atoms with Crippen molar-refractivity contribution < 1.29 is 8.42 Å². The second-order valence-corrected chi connectivity index (χ2v) is 8.45. The zero-order valence-electron chi connectivity index (χ0n) is 11.7. The Balaban J connectivity index is 2.29. The normalized spacial score (nSPS) is 25.6. The molecule has 1 aliphatic heterocycles. The van der Waals surface area contributed by atoms with Gasteiger partial charge in [0.15, 0.2) is 0 Å². The number of nitrogens with zero attached hydrogens (tertiary/aromatic N) is 1. The van der Waals surface area contributed by atoms with E-state index in [1.165, 1.54) is 11.3 Å². The highest BCUT2D eigenvalue weighted by atomic mass is 32.2. The van der Waals surface area contributed by atoms with Gasteiger partial charge in [-0.25, -0.2) is 8.42 Å². The van der Waals surface area contributed by atoms with E-state index in [1.807, 2.05) is 27.0 Å². The highest BCUT2D eigenvalue weighted by Crippen LogP contribution is 2.32. The summed E-state index contributed by atoms with van der Waals surface area (Å²) >= 11 is 1.37. The molecule has 1 fully saturated rings. The van der Waals surface area contributed by atoms with E-state index >= 15 is 0 Å². The summed E-state index contributed by atoms with van der Waals surface area (Å²) in [7, 11) is -1.47. The Morgan fingerprint density at radius 3 is 2.53 bits per heavy atom. The van der Waals surface area contributed by atoms with Crippen LogP contribution in [-0.2, 0) is 16.6 Å². The number of piperidine rings is 1. The average molecular weight is 302 g/mol. The molecule has 6 heteroatoms. The molecule has 0 aromatic carbocycles. The molecule has 0 amide bonds. The molecule has 0 aliphatic carbocycles. The summed E-state index contributed by atoms with van der Waals surface area (Å²) in [4.78, 5) is 1.05. The first-order valence-electron chi connectivity index (χ1n) is 6.73. The lowest BCUT2D eigenvalue weighted by Gasteiger charge is -2.37. The average Bonchev–Trinajstić information content (AvgIpc) is 2.78. The molecule has 19 heavy (non-hydrogen) atoms. The van der Waals surface area contributed by atoms with Crippen molar-refractivity contribution in [3.8, 4) is 0 Å². The molecule has 0 spiro atoms. The molecule has 0 radical (unpaired) electrons. The van der Waals surface area contributed by atoms with Crippen molar-refractivity contribution in [1.82, 2.24) is 9.62 Å². The molecule has 2 heterocycles. The first kappa shape index (κ1) is 15.0. The maximum absolute atomic E-state index is 12.7. The van der Waals surface area contributed by atoms with Crippen LogP contribution in [0.1, 0.15) is 38.0 Å². The predicted molar refractivity (Wildman–Crippen MR) is 78.9 cm³/mol. The van der Waals surface area contributed by atoms with Crippen LogP contribution >= 0.6 is 11.3 Å². The van der Waals surface area contributed by atoms with Gasteiger partial charge in [-0.3, -0.25) is 0 Å². The zero-order chi connectivity index (χ0) is 14.0. The van der Waals surface area contributed by atoms with Crippen LogP contribution in [0.25, 0.3) is 0 Å². The van der Waals surface area contributed by atoms with Crippen molar-refractivity contribution >= 4 is 21.4 Å². The van der Waals surface area contributed by atoms with Gasteiger partial charge in [0.2, 0.25) is 0 Å². The molecule has 4 nitrogen and oxygen atoms in total. The maximum Gasteiger partial charge on any atom is 0.253 e. The Hall–Kier alpha value is -0.430. The summed E-state index contributed by atoms with van der Waals surface area (Å²) in [5.41, 5.74) is 0. The Bertz CT molecular complexity index is 515. The molecule has 1 N–H and O–H groups in total. The van der Waals surface area contributed by atoms with Crippen LogP contribution in [0.4, 0.5) is 0 Å². The Kier molecular flexibility index (Phi) is 4.66.